The zero-order valence-corrected chi connectivity index (χ0v) is 86.6. The molecule has 1 saturated carbocycles. The fourth-order valence-electron chi connectivity index (χ4n) is 19.4. The van der Waals surface area contributed by atoms with Crippen molar-refractivity contribution in [3.63, 3.8) is 0 Å². The highest BCUT2D eigenvalue weighted by Crippen LogP contribution is 2.45. The monoisotopic (exact) mass is 1980 g/mol. The molecule has 7 aromatic carbocycles. The van der Waals surface area contributed by atoms with E-state index in [4.69, 9.17) is 24.4 Å². The molecular formula is C111H135N17O9S4. The standard InChI is InChI=1S/C31H37N5O2S.C29H30N4O2S.C26H36N4O2S.C25H32N4O3S/c1-20(33-18-22-12-8-16-32-22)28(37)35-27(31(2,3)4)30(38)36-17-9-15-26(36)29-34-25(19-39-29)24-14-7-11-21-10-5-6-13-23(21)24;1-19(30-2)27(34)32-26(21-11-4-3-5-12-21)29(35)33-17-9-16-25(33)28-31-24(18-36-28)23-15-8-13-20-10-6-7-14-22(20)23;1-17-9-7-12-20(15-17)21-16-33-25(28-21)22-13-8-14-30(22)26(32)23(19-10-5-4-6-11-19)29-24(31)18(2)27-3;1-15(26-5)22(30)28-21(25(2,3)4)24(31)29-12-8-10-19(29)23-27-18(14-33-23)17-13-32-20-11-7-6-9-16(17)20/h5-8,10-14,16,19-20,26-27,32-33H,9,15,17-18H2,1-4H3,(H,35,37);3-8,10-15,18-19,25-26,30H,9,16-17H2,1-2H3,(H,32,34);7,9,12,15-16,18-19,22-23,27H,4-6,8,10-11,13-14H2,1-3H3,(H,29,31);6-7,9,11,13-15,19,21,26H,8,10,12H2,1-5H3,(H,28,30)/t20-,26-,27+;19-,25-,26-;18-,22-,23-;15-,19-,21+/m0000/s1. The maximum atomic E-state index is 14.0. The van der Waals surface area contributed by atoms with Crippen LogP contribution in [0.3, 0.4) is 0 Å². The van der Waals surface area contributed by atoms with Crippen molar-refractivity contribution in [3.8, 4) is 45.0 Å². The average molecular weight is 1980 g/mol. The number of fused-ring (bicyclic) bond motifs is 3. The van der Waals surface area contributed by atoms with Gasteiger partial charge in [0.25, 0.3) is 0 Å². The fraction of sp³-hybridized carbons (Fsp3) is 0.423. The van der Waals surface area contributed by atoms with Crippen molar-refractivity contribution in [2.45, 2.75) is 239 Å². The predicted molar refractivity (Wildman–Crippen MR) is 566 cm³/mol. The first kappa shape index (κ1) is 103. The van der Waals surface area contributed by atoms with Crippen LogP contribution in [0.15, 0.2) is 214 Å². The molecule has 13 aromatic rings. The topological polar surface area (TPSA) is 326 Å². The lowest BCUT2D eigenvalue weighted by Gasteiger charge is -2.36. The molecule has 30 heteroatoms. The number of aryl methyl sites for hydroxylation is 1. The van der Waals surface area contributed by atoms with Crippen molar-refractivity contribution in [3.05, 3.63) is 247 Å². The summed E-state index contributed by atoms with van der Waals surface area (Å²) < 4.78 is 5.69. The van der Waals surface area contributed by atoms with E-state index in [-0.39, 0.29) is 89.4 Å². The van der Waals surface area contributed by atoms with Gasteiger partial charge in [0.15, 0.2) is 0 Å². The Labute approximate surface area is 843 Å². The summed E-state index contributed by atoms with van der Waals surface area (Å²) in [5, 5.41) is 42.1. The quantitative estimate of drug-likeness (QED) is 0.0220. The van der Waals surface area contributed by atoms with E-state index in [0.717, 1.165) is 171 Å². The van der Waals surface area contributed by atoms with Gasteiger partial charge in [-0.05, 0) is 188 Å². The molecule has 0 bridgehead atoms. The fourth-order valence-corrected chi connectivity index (χ4v) is 23.2. The molecule has 1 aliphatic carbocycles. The number of carbonyl (C=O) groups excluding carboxylic acids is 8. The molecule has 4 aliphatic heterocycles. The number of carbonyl (C=O) groups is 8. The van der Waals surface area contributed by atoms with Crippen LogP contribution < -0.4 is 42.5 Å². The van der Waals surface area contributed by atoms with Crippen LogP contribution in [0.5, 0.6) is 0 Å². The SMILES string of the molecule is CN[C@@H](C)C(=O)N[C@H](C(=O)N1CCC[C@H]1c1nc(-c2cccc(C)c2)cs1)C1CCCCC1.CN[C@@H](C)C(=O)N[C@H](C(=O)N1CCC[C@H]1c1nc(-c2cccc3ccccc23)cs1)c1ccccc1.CN[C@@H](C)C(=O)N[C@H](C(=O)N1CCC[C@H]1c1nc(-c2coc3ccccc23)cs1)C(C)(C)C.C[C@H](NCc1ccc[nH]1)C(=O)N[C@H](C(=O)N1CCC[C@H]1c1nc(-c2cccc3ccccc23)cs1)C(C)(C)C. The minimum atomic E-state index is -0.743. The van der Waals surface area contributed by atoms with Gasteiger partial charge in [-0.2, -0.15) is 0 Å². The lowest BCUT2D eigenvalue weighted by Crippen LogP contribution is -2.57. The number of H-pyrrole nitrogens is 1. The third kappa shape index (κ3) is 24.8. The Morgan fingerprint density at radius 2 is 0.823 bits per heavy atom. The van der Waals surface area contributed by atoms with Crippen LogP contribution in [0.2, 0.25) is 0 Å². The minimum Gasteiger partial charge on any atom is -0.464 e. The second-order valence-electron chi connectivity index (χ2n) is 39.8. The van der Waals surface area contributed by atoms with Crippen molar-refractivity contribution in [2.24, 2.45) is 16.7 Å². The molecular weight excluding hydrogens is 1840 g/mol. The van der Waals surface area contributed by atoms with Gasteiger partial charge in [0, 0.05) is 93.8 Å². The lowest BCUT2D eigenvalue weighted by atomic mass is 9.83. The smallest absolute Gasteiger partial charge is 0.250 e. The van der Waals surface area contributed by atoms with E-state index in [0.29, 0.717) is 26.2 Å². The largest absolute Gasteiger partial charge is 0.464 e. The molecule has 4 saturated heterocycles. The first-order valence-electron chi connectivity index (χ1n) is 49.6. The summed E-state index contributed by atoms with van der Waals surface area (Å²) in [6, 6.07) is 54.6. The Morgan fingerprint density at radius 3 is 1.30 bits per heavy atom. The van der Waals surface area contributed by atoms with Crippen molar-refractivity contribution in [1.82, 2.24) is 87.1 Å². The van der Waals surface area contributed by atoms with Crippen LogP contribution in [-0.4, -0.2) is 181 Å². The molecule has 5 aliphatic rings. The van der Waals surface area contributed by atoms with Crippen molar-refractivity contribution in [1.29, 1.82) is 0 Å². The van der Waals surface area contributed by atoms with E-state index in [1.165, 1.54) is 33.5 Å². The van der Waals surface area contributed by atoms with E-state index in [9.17, 15) is 38.4 Å². The number of aromatic amines is 1. The van der Waals surface area contributed by atoms with Crippen LogP contribution in [0.4, 0.5) is 0 Å². The Morgan fingerprint density at radius 1 is 0.411 bits per heavy atom. The predicted octanol–water partition coefficient (Wildman–Crippen LogP) is 19.6. The number of hydrogen-bond acceptors (Lipinski definition) is 21. The molecule has 141 heavy (non-hydrogen) atoms. The Balaban J connectivity index is 0.000000142. The van der Waals surface area contributed by atoms with Crippen LogP contribution in [0, 0.1) is 23.7 Å². The zero-order chi connectivity index (χ0) is 99.8. The molecule has 742 valence electrons. The molecule has 0 radical (unpaired) electrons. The summed E-state index contributed by atoms with van der Waals surface area (Å²) in [5.74, 6) is -0.585. The molecule has 6 aromatic heterocycles. The van der Waals surface area contributed by atoms with Gasteiger partial charge in [0.1, 0.15) is 56.0 Å². The van der Waals surface area contributed by atoms with Gasteiger partial charge in [-0.25, -0.2) is 19.9 Å². The molecule has 0 spiro atoms. The number of rotatable bonds is 28. The van der Waals surface area contributed by atoms with E-state index >= 15 is 0 Å². The Bertz CT molecular complexity index is 6440. The number of nitrogens with zero attached hydrogens (tertiary/aromatic N) is 8. The maximum Gasteiger partial charge on any atom is 0.250 e. The highest BCUT2D eigenvalue weighted by Gasteiger charge is 2.46. The number of likely N-dealkylation sites (tertiary alicyclic amines) is 4. The number of likely N-dealkylation sites (N-methyl/N-ethyl adjacent to an activating group) is 3. The van der Waals surface area contributed by atoms with Crippen LogP contribution in [0.1, 0.15) is 220 Å². The second kappa shape index (κ2) is 47.3. The van der Waals surface area contributed by atoms with Crippen molar-refractivity contribution >= 4 is 125 Å². The van der Waals surface area contributed by atoms with Crippen molar-refractivity contribution < 1.29 is 42.8 Å². The van der Waals surface area contributed by atoms with E-state index in [2.05, 4.69) is 156 Å². The zero-order valence-electron chi connectivity index (χ0n) is 83.3. The van der Waals surface area contributed by atoms with Crippen LogP contribution >= 0.6 is 45.3 Å². The van der Waals surface area contributed by atoms with Crippen LogP contribution in [0.25, 0.3) is 77.5 Å². The molecule has 18 rings (SSSR count). The second-order valence-corrected chi connectivity index (χ2v) is 43.4. The van der Waals surface area contributed by atoms with E-state index in [1.54, 1.807) is 86.6 Å². The van der Waals surface area contributed by atoms with Gasteiger partial charge < -0.3 is 71.5 Å². The first-order valence-corrected chi connectivity index (χ1v) is 53.2. The molecule has 26 nitrogen and oxygen atoms in total. The molecule has 8 amide bonds. The summed E-state index contributed by atoms with van der Waals surface area (Å²) in [6.07, 6.45) is 16.3. The van der Waals surface area contributed by atoms with Gasteiger partial charge in [0.2, 0.25) is 47.3 Å². The maximum absolute atomic E-state index is 14.0. The van der Waals surface area contributed by atoms with Gasteiger partial charge >= 0.3 is 0 Å². The summed E-state index contributed by atoms with van der Waals surface area (Å²) in [6.45, 7) is 24.5. The number of para-hydroxylation sites is 1. The molecule has 0 unspecified atom stereocenters. The number of thiazole rings is 4. The number of amides is 8. The number of benzene rings is 7. The highest BCUT2D eigenvalue weighted by atomic mass is 32.1. The van der Waals surface area contributed by atoms with Gasteiger partial charge in [0.05, 0.1) is 71.1 Å². The first-order chi connectivity index (χ1) is 68.0. The molecule has 10 heterocycles. The highest BCUT2D eigenvalue weighted by molar-refractivity contribution is 7.11. The third-order valence-electron chi connectivity index (χ3n) is 27.9. The summed E-state index contributed by atoms with van der Waals surface area (Å²) in [4.78, 5) is 137. The summed E-state index contributed by atoms with van der Waals surface area (Å²) in [7, 11) is 5.24. The number of hydrogen-bond donors (Lipinski definition) is 9. The Hall–Kier alpha value is -12.0. The normalized spacial score (nSPS) is 18.4. The number of nitrogens with one attached hydrogen (secondary N) is 9. The molecule has 5 fully saturated rings. The van der Waals surface area contributed by atoms with Crippen molar-refractivity contribution in [2.75, 3.05) is 47.3 Å². The molecule has 9 N–H and O–H groups in total. The Kier molecular flexibility index (Phi) is 34.6. The minimum absolute atomic E-state index is 0.00854. The van der Waals surface area contributed by atoms with Gasteiger partial charge in [-0.1, -0.05) is 218 Å². The lowest BCUT2D eigenvalue weighted by molar-refractivity contribution is -0.140. The van der Waals surface area contributed by atoms with E-state index < -0.39 is 47.1 Å². The van der Waals surface area contributed by atoms with Gasteiger partial charge in [-0.3, -0.25) is 38.4 Å². The average Bonchev–Trinajstić information content (AvgIpc) is 1.62. The van der Waals surface area contributed by atoms with E-state index in [1.807, 2.05) is 178 Å². The van der Waals surface area contributed by atoms with Crippen LogP contribution in [-0.2, 0) is 44.9 Å². The molecule has 12 atom stereocenters. The number of aromatic nitrogens is 5. The summed E-state index contributed by atoms with van der Waals surface area (Å²) >= 11 is 6.42. The third-order valence-corrected chi connectivity index (χ3v) is 31.6. The number of furan rings is 1. The summed E-state index contributed by atoms with van der Waals surface area (Å²) in [5.41, 5.74) is 10.9. The van der Waals surface area contributed by atoms with Gasteiger partial charge in [-0.15, -0.1) is 45.3 Å².